The van der Waals surface area contributed by atoms with E-state index in [9.17, 15) is 0 Å². The molecule has 0 radical (unpaired) electrons. The van der Waals surface area contributed by atoms with Gasteiger partial charge in [-0.2, -0.15) is 0 Å². The minimum atomic E-state index is 0.698. The maximum absolute atomic E-state index is 5.13. The van der Waals surface area contributed by atoms with Crippen LogP contribution in [0.25, 0.3) is 0 Å². The average molecular weight is 126 g/mol. The third-order valence-corrected chi connectivity index (χ3v) is 1.19. The maximum atomic E-state index is 5.13. The molecule has 1 nitrogen and oxygen atoms in total. The molecule has 0 saturated carbocycles. The minimum Gasteiger partial charge on any atom is -0.494 e. The Morgan fingerprint density at radius 1 is 1.67 bits per heavy atom. The molecule has 1 heteroatoms. The second-order valence-corrected chi connectivity index (χ2v) is 1.83. The Balaban J connectivity index is 3.74. The third-order valence-electron chi connectivity index (χ3n) is 1.19. The first-order valence-electron chi connectivity index (χ1n) is 3.17. The van der Waals surface area contributed by atoms with Crippen molar-refractivity contribution in [3.05, 3.63) is 24.0 Å². The van der Waals surface area contributed by atoms with Crippen LogP contribution in [-0.2, 0) is 4.74 Å². The van der Waals surface area contributed by atoms with Gasteiger partial charge in [0.25, 0.3) is 0 Å². The molecule has 0 spiro atoms. The molecular formula is C8H14O. The summed E-state index contributed by atoms with van der Waals surface area (Å²) in [4.78, 5) is 0. The monoisotopic (exact) mass is 126 g/mol. The predicted octanol–water partition coefficient (Wildman–Crippen LogP) is 2.50. The van der Waals surface area contributed by atoms with Crippen molar-refractivity contribution in [3.63, 3.8) is 0 Å². The van der Waals surface area contributed by atoms with Crippen molar-refractivity contribution in [2.45, 2.75) is 20.8 Å². The summed E-state index contributed by atoms with van der Waals surface area (Å²) in [6, 6.07) is 0. The molecule has 0 fully saturated rings. The normalized spacial score (nSPS) is 11.2. The van der Waals surface area contributed by atoms with E-state index in [1.54, 1.807) is 0 Å². The highest BCUT2D eigenvalue weighted by Crippen LogP contribution is 2.06. The summed E-state index contributed by atoms with van der Waals surface area (Å²) in [5, 5.41) is 0. The van der Waals surface area contributed by atoms with Gasteiger partial charge in [-0.3, -0.25) is 0 Å². The van der Waals surface area contributed by atoms with Crippen LogP contribution in [0.1, 0.15) is 20.8 Å². The van der Waals surface area contributed by atoms with Gasteiger partial charge in [0.2, 0.25) is 0 Å². The lowest BCUT2D eigenvalue weighted by molar-refractivity contribution is 0.239. The van der Waals surface area contributed by atoms with Crippen LogP contribution < -0.4 is 0 Å². The van der Waals surface area contributed by atoms with Crippen molar-refractivity contribution in [1.82, 2.24) is 0 Å². The highest BCUT2D eigenvalue weighted by Gasteiger charge is 1.91. The van der Waals surface area contributed by atoms with Crippen LogP contribution in [0.2, 0.25) is 0 Å². The van der Waals surface area contributed by atoms with Gasteiger partial charge in [-0.25, -0.2) is 0 Å². The SMILES string of the molecule is C=C(OCC)/C(C)=C/C. The van der Waals surface area contributed by atoms with Crippen molar-refractivity contribution in [3.8, 4) is 0 Å². The zero-order valence-electron chi connectivity index (χ0n) is 6.40. The van der Waals surface area contributed by atoms with Crippen molar-refractivity contribution in [1.29, 1.82) is 0 Å². The standard InChI is InChI=1S/C8H14O/c1-5-7(3)8(4)9-6-2/h5H,4,6H2,1-3H3/b7-5+. The number of ether oxygens (including phenoxy) is 1. The molecule has 0 amide bonds. The summed E-state index contributed by atoms with van der Waals surface area (Å²) < 4.78 is 5.13. The molecule has 0 aromatic heterocycles. The lowest BCUT2D eigenvalue weighted by atomic mass is 10.2. The summed E-state index contributed by atoms with van der Waals surface area (Å²) in [6.07, 6.45) is 1.98. The Hall–Kier alpha value is -0.720. The summed E-state index contributed by atoms with van der Waals surface area (Å²) in [6.45, 7) is 10.3. The van der Waals surface area contributed by atoms with E-state index >= 15 is 0 Å². The first-order valence-corrected chi connectivity index (χ1v) is 3.17. The molecule has 0 heterocycles. The second kappa shape index (κ2) is 4.19. The first-order chi connectivity index (χ1) is 4.22. The van der Waals surface area contributed by atoms with E-state index in [0.29, 0.717) is 6.61 Å². The molecule has 0 atom stereocenters. The van der Waals surface area contributed by atoms with Crippen LogP contribution in [-0.4, -0.2) is 6.61 Å². The zero-order valence-corrected chi connectivity index (χ0v) is 6.40. The van der Waals surface area contributed by atoms with Gasteiger partial charge in [0.1, 0.15) is 5.76 Å². The summed E-state index contributed by atoms with van der Waals surface area (Å²) >= 11 is 0. The Morgan fingerprint density at radius 2 is 2.22 bits per heavy atom. The Labute approximate surface area is 57.0 Å². The van der Waals surface area contributed by atoms with Gasteiger partial charge in [0.15, 0.2) is 0 Å². The van der Waals surface area contributed by atoms with Crippen molar-refractivity contribution < 1.29 is 4.74 Å². The molecule has 0 aliphatic heterocycles. The van der Waals surface area contributed by atoms with Crippen LogP contribution in [0.5, 0.6) is 0 Å². The highest BCUT2D eigenvalue weighted by molar-refractivity contribution is 5.19. The zero-order chi connectivity index (χ0) is 7.28. The highest BCUT2D eigenvalue weighted by atomic mass is 16.5. The number of hydrogen-bond donors (Lipinski definition) is 0. The number of hydrogen-bond acceptors (Lipinski definition) is 1. The molecule has 0 aromatic rings. The summed E-state index contributed by atoms with van der Waals surface area (Å²) in [5.74, 6) is 0.778. The molecule has 0 unspecified atom stereocenters. The average Bonchev–Trinajstić information content (AvgIpc) is 1.87. The van der Waals surface area contributed by atoms with Crippen LogP contribution in [0, 0.1) is 0 Å². The maximum Gasteiger partial charge on any atom is 0.114 e. The first kappa shape index (κ1) is 8.28. The van der Waals surface area contributed by atoms with E-state index in [1.807, 2.05) is 26.8 Å². The topological polar surface area (TPSA) is 9.23 Å². The smallest absolute Gasteiger partial charge is 0.114 e. The van der Waals surface area contributed by atoms with Gasteiger partial charge >= 0.3 is 0 Å². The summed E-state index contributed by atoms with van der Waals surface area (Å²) in [5.41, 5.74) is 1.11. The molecule has 0 aromatic carbocycles. The number of rotatable bonds is 3. The number of allylic oxidation sites excluding steroid dienone is 2. The fourth-order valence-electron chi connectivity index (χ4n) is 0.449. The van der Waals surface area contributed by atoms with Gasteiger partial charge in [-0.1, -0.05) is 12.7 Å². The van der Waals surface area contributed by atoms with Crippen LogP contribution in [0.3, 0.4) is 0 Å². The van der Waals surface area contributed by atoms with Gasteiger partial charge in [-0.15, -0.1) is 0 Å². The molecule has 0 N–H and O–H groups in total. The van der Waals surface area contributed by atoms with Crippen LogP contribution in [0.15, 0.2) is 24.0 Å². The van der Waals surface area contributed by atoms with E-state index in [0.717, 1.165) is 11.3 Å². The Bertz CT molecular complexity index is 123. The molecule has 0 aliphatic carbocycles. The van der Waals surface area contributed by atoms with Crippen LogP contribution >= 0.6 is 0 Å². The molecule has 0 saturated heterocycles. The molecule has 9 heavy (non-hydrogen) atoms. The molecular weight excluding hydrogens is 112 g/mol. The van der Waals surface area contributed by atoms with Gasteiger partial charge in [0.05, 0.1) is 6.61 Å². The molecule has 0 bridgehead atoms. The van der Waals surface area contributed by atoms with Crippen LogP contribution in [0.4, 0.5) is 0 Å². The van der Waals surface area contributed by atoms with Crippen molar-refractivity contribution in [2.75, 3.05) is 6.61 Å². The van der Waals surface area contributed by atoms with Crippen molar-refractivity contribution in [2.24, 2.45) is 0 Å². The lowest BCUT2D eigenvalue weighted by Gasteiger charge is -2.04. The van der Waals surface area contributed by atoms with Crippen molar-refractivity contribution >= 4 is 0 Å². The van der Waals surface area contributed by atoms with E-state index in [1.165, 1.54) is 0 Å². The van der Waals surface area contributed by atoms with Gasteiger partial charge in [0, 0.05) is 0 Å². The van der Waals surface area contributed by atoms with E-state index < -0.39 is 0 Å². The molecule has 0 rings (SSSR count). The summed E-state index contributed by atoms with van der Waals surface area (Å²) in [7, 11) is 0. The Kier molecular flexibility index (Phi) is 3.85. The molecule has 0 aliphatic rings. The second-order valence-electron chi connectivity index (χ2n) is 1.83. The largest absolute Gasteiger partial charge is 0.494 e. The lowest BCUT2D eigenvalue weighted by Crippen LogP contribution is -1.90. The molecule has 52 valence electrons. The quantitative estimate of drug-likeness (QED) is 0.417. The fourth-order valence-corrected chi connectivity index (χ4v) is 0.449. The Morgan fingerprint density at radius 3 is 2.56 bits per heavy atom. The van der Waals surface area contributed by atoms with E-state index in [2.05, 4.69) is 6.58 Å². The minimum absolute atomic E-state index is 0.698. The fraction of sp³-hybridized carbons (Fsp3) is 0.500. The predicted molar refractivity (Wildman–Crippen MR) is 40.2 cm³/mol. The van der Waals surface area contributed by atoms with Gasteiger partial charge < -0.3 is 4.74 Å². The van der Waals surface area contributed by atoms with Gasteiger partial charge in [-0.05, 0) is 26.3 Å². The van der Waals surface area contributed by atoms with E-state index in [4.69, 9.17) is 4.74 Å². The van der Waals surface area contributed by atoms with E-state index in [-0.39, 0.29) is 0 Å². The third kappa shape index (κ3) is 2.96.